The van der Waals surface area contributed by atoms with Crippen molar-refractivity contribution in [1.82, 2.24) is 9.13 Å². The zero-order chi connectivity index (χ0) is 35.6. The molecular weight excluding hydrogens is 641 g/mol. The average molecular weight is 685 g/mol. The third-order valence-electron chi connectivity index (χ3n) is 12.1. The Bertz CT molecular complexity index is 2720. The molecule has 3 aliphatic rings. The first kappa shape index (κ1) is 31.8. The highest BCUT2D eigenvalue weighted by molar-refractivity contribution is 6.14. The molecule has 0 radical (unpaired) electrons. The molecule has 2 heterocycles. The Kier molecular flexibility index (Phi) is 7.61. The average Bonchev–Trinajstić information content (AvgIpc) is 3.71. The van der Waals surface area contributed by atoms with Crippen molar-refractivity contribution in [3.63, 3.8) is 0 Å². The molecule has 0 spiro atoms. The Morgan fingerprint density at radius 3 is 2.25 bits per heavy atom. The highest BCUT2D eigenvalue weighted by atomic mass is 15.0. The van der Waals surface area contributed by atoms with Gasteiger partial charge < -0.3 is 9.13 Å². The molecule has 53 heavy (non-hydrogen) atoms. The lowest BCUT2D eigenvalue weighted by atomic mass is 9.68. The minimum Gasteiger partial charge on any atom is -0.316 e. The van der Waals surface area contributed by atoms with Gasteiger partial charge in [-0.25, -0.2) is 0 Å². The van der Waals surface area contributed by atoms with Crippen molar-refractivity contribution in [3.8, 4) is 16.8 Å². The van der Waals surface area contributed by atoms with Gasteiger partial charge in [-0.3, -0.25) is 0 Å². The number of hydrogen-bond donors (Lipinski definition) is 0. The molecule has 0 bridgehead atoms. The predicted octanol–water partition coefficient (Wildman–Crippen LogP) is 13.6. The number of aryl methyl sites for hydroxylation is 1. The highest BCUT2D eigenvalue weighted by Gasteiger charge is 2.38. The first-order valence-corrected chi connectivity index (χ1v) is 19.3. The summed E-state index contributed by atoms with van der Waals surface area (Å²) in [5.41, 5.74) is 15.9. The molecule has 0 fully saturated rings. The summed E-state index contributed by atoms with van der Waals surface area (Å²) in [5, 5.41) is 3.93. The molecule has 3 aliphatic carbocycles. The molecule has 3 unspecified atom stereocenters. The van der Waals surface area contributed by atoms with Gasteiger partial charge in [0.2, 0.25) is 0 Å². The summed E-state index contributed by atoms with van der Waals surface area (Å²) in [6.45, 7) is 7.01. The Balaban J connectivity index is 1.19. The largest absolute Gasteiger partial charge is 0.316 e. The number of fused-ring (bicyclic) bond motifs is 6. The second-order valence-corrected chi connectivity index (χ2v) is 15.5. The van der Waals surface area contributed by atoms with Crippen LogP contribution in [-0.2, 0) is 0 Å². The molecular formula is C51H44N2. The fraction of sp³-hybridized carbons (Fsp3) is 0.176. The monoisotopic (exact) mass is 684 g/mol. The van der Waals surface area contributed by atoms with Crippen LogP contribution in [0.15, 0.2) is 158 Å². The van der Waals surface area contributed by atoms with E-state index < -0.39 is 0 Å². The summed E-state index contributed by atoms with van der Waals surface area (Å²) in [7, 11) is 0. The van der Waals surface area contributed by atoms with E-state index in [0.717, 1.165) is 12.8 Å². The van der Waals surface area contributed by atoms with Crippen molar-refractivity contribution in [2.45, 2.75) is 39.5 Å². The van der Waals surface area contributed by atoms with E-state index >= 15 is 0 Å². The third-order valence-corrected chi connectivity index (χ3v) is 12.1. The summed E-state index contributed by atoms with van der Waals surface area (Å²) in [5.74, 6) is 1.50. The van der Waals surface area contributed by atoms with Crippen LogP contribution >= 0.6 is 0 Å². The third kappa shape index (κ3) is 5.07. The molecule has 258 valence electrons. The van der Waals surface area contributed by atoms with E-state index in [1.807, 2.05) is 0 Å². The molecule has 5 aromatic carbocycles. The van der Waals surface area contributed by atoms with Crippen LogP contribution < -0.4 is 0 Å². The topological polar surface area (TPSA) is 9.86 Å². The van der Waals surface area contributed by atoms with Crippen molar-refractivity contribution in [3.05, 3.63) is 180 Å². The number of allylic oxidation sites excluding steroid dienone is 9. The lowest BCUT2D eigenvalue weighted by Gasteiger charge is -2.38. The highest BCUT2D eigenvalue weighted by Crippen LogP contribution is 2.52. The quantitative estimate of drug-likeness (QED) is 0.171. The maximum Gasteiger partial charge on any atom is 0.0619 e. The standard InChI is InChI=1S/C51H44N2/c1-33-15-13-18-37(31-33)53-48-30-27-34(2)32-46(48)45-29-28-35(3)49(51(45)53)42-23-10-9-20-39(42)38-19-7-8-21-40(38)43-24-14-25-44-41-22-11-12-26-47(41)52(50(43)44)36-16-5-4-6-17-36/h4-22,24-30,32-33,35,42,49H,23,31H2,1-3H3/t33-,35?,42?,49?/m0/s1. The second kappa shape index (κ2) is 12.7. The van der Waals surface area contributed by atoms with E-state index in [0.29, 0.717) is 23.7 Å². The Morgan fingerprint density at radius 1 is 0.623 bits per heavy atom. The molecule has 0 aliphatic heterocycles. The van der Waals surface area contributed by atoms with Crippen molar-refractivity contribution in [1.29, 1.82) is 0 Å². The van der Waals surface area contributed by atoms with Crippen LogP contribution in [0.3, 0.4) is 0 Å². The number of aromatic nitrogens is 2. The number of nitrogens with zero attached hydrogens (tertiary/aromatic N) is 2. The maximum absolute atomic E-state index is 2.66. The van der Waals surface area contributed by atoms with Crippen LogP contribution in [-0.4, -0.2) is 9.13 Å². The number of rotatable bonds is 5. The molecule has 0 amide bonds. The first-order chi connectivity index (χ1) is 26.1. The molecule has 4 atom stereocenters. The molecule has 7 aromatic rings. The van der Waals surface area contributed by atoms with E-state index in [1.54, 1.807) is 0 Å². The minimum absolute atomic E-state index is 0.306. The van der Waals surface area contributed by atoms with Crippen molar-refractivity contribution < 1.29 is 0 Å². The van der Waals surface area contributed by atoms with Crippen LogP contribution in [0.1, 0.15) is 55.0 Å². The van der Waals surface area contributed by atoms with E-state index in [1.165, 1.54) is 83.2 Å². The van der Waals surface area contributed by atoms with Crippen molar-refractivity contribution >= 4 is 50.1 Å². The van der Waals surface area contributed by atoms with Gasteiger partial charge in [-0.2, -0.15) is 0 Å². The maximum atomic E-state index is 2.66. The van der Waals surface area contributed by atoms with Crippen LogP contribution in [0.4, 0.5) is 0 Å². The van der Waals surface area contributed by atoms with E-state index in [-0.39, 0.29) is 0 Å². The summed E-state index contributed by atoms with van der Waals surface area (Å²) in [4.78, 5) is 0. The smallest absolute Gasteiger partial charge is 0.0619 e. The Hall–Kier alpha value is -5.86. The normalized spacial score (nSPS) is 21.0. The van der Waals surface area contributed by atoms with Crippen molar-refractivity contribution in [2.75, 3.05) is 0 Å². The van der Waals surface area contributed by atoms with Gasteiger partial charge >= 0.3 is 0 Å². The molecule has 2 aromatic heterocycles. The lowest BCUT2D eigenvalue weighted by molar-refractivity contribution is 0.420. The fourth-order valence-electron chi connectivity index (χ4n) is 9.75. The van der Waals surface area contributed by atoms with Gasteiger partial charge in [-0.1, -0.05) is 147 Å². The van der Waals surface area contributed by atoms with E-state index in [4.69, 9.17) is 0 Å². The summed E-state index contributed by atoms with van der Waals surface area (Å²) >= 11 is 0. The van der Waals surface area contributed by atoms with Gasteiger partial charge in [-0.05, 0) is 90.6 Å². The second-order valence-electron chi connectivity index (χ2n) is 15.5. The molecule has 10 rings (SSSR count). The molecule has 2 heteroatoms. The van der Waals surface area contributed by atoms with E-state index in [9.17, 15) is 0 Å². The van der Waals surface area contributed by atoms with Crippen LogP contribution in [0.25, 0.3) is 66.9 Å². The van der Waals surface area contributed by atoms with Gasteiger partial charge in [0.1, 0.15) is 0 Å². The summed E-state index contributed by atoms with van der Waals surface area (Å²) < 4.78 is 5.13. The van der Waals surface area contributed by atoms with Crippen molar-refractivity contribution in [2.24, 2.45) is 17.8 Å². The molecule has 2 nitrogen and oxygen atoms in total. The van der Waals surface area contributed by atoms with Crippen LogP contribution in [0, 0.1) is 24.7 Å². The fourth-order valence-corrected chi connectivity index (χ4v) is 9.75. The first-order valence-electron chi connectivity index (χ1n) is 19.3. The van der Waals surface area contributed by atoms with Gasteiger partial charge in [0.15, 0.2) is 0 Å². The number of benzene rings is 5. The SMILES string of the molecule is Cc1ccc2c(c1)c1c(n2C2=CC=C[C@H](C)C2)C(C2CC=CC=C2c2ccccc2-c2cccc3c4ccccc4n(-c4ccccc4)c23)C(C)C=C1. The minimum atomic E-state index is 0.306. The van der Waals surface area contributed by atoms with Gasteiger partial charge in [0.05, 0.1) is 16.6 Å². The van der Waals surface area contributed by atoms with Gasteiger partial charge in [0, 0.05) is 50.3 Å². The zero-order valence-electron chi connectivity index (χ0n) is 30.7. The summed E-state index contributed by atoms with van der Waals surface area (Å²) in [6, 6.07) is 42.8. The molecule has 0 N–H and O–H groups in total. The van der Waals surface area contributed by atoms with Crippen LogP contribution in [0.2, 0.25) is 0 Å². The Labute approximate surface area is 312 Å². The molecule has 0 saturated heterocycles. The van der Waals surface area contributed by atoms with E-state index in [2.05, 4.69) is 194 Å². The predicted molar refractivity (Wildman–Crippen MR) is 226 cm³/mol. The van der Waals surface area contributed by atoms with Gasteiger partial charge in [0.25, 0.3) is 0 Å². The number of para-hydroxylation sites is 3. The molecule has 0 saturated carbocycles. The lowest BCUT2D eigenvalue weighted by Crippen LogP contribution is -2.26. The zero-order valence-corrected chi connectivity index (χ0v) is 30.7. The number of hydrogen-bond acceptors (Lipinski definition) is 0. The summed E-state index contributed by atoms with van der Waals surface area (Å²) in [6.07, 6.45) is 21.1. The van der Waals surface area contributed by atoms with Crippen LogP contribution in [0.5, 0.6) is 0 Å². The van der Waals surface area contributed by atoms with Gasteiger partial charge in [-0.15, -0.1) is 0 Å². The Morgan fingerprint density at radius 2 is 1.38 bits per heavy atom.